The lowest BCUT2D eigenvalue weighted by molar-refractivity contribution is -0.384. The van der Waals surface area contributed by atoms with Gasteiger partial charge in [0.25, 0.3) is 11.6 Å². The monoisotopic (exact) mass is 298 g/mol. The highest BCUT2D eigenvalue weighted by molar-refractivity contribution is 6.32. The third kappa shape index (κ3) is 5.17. The van der Waals surface area contributed by atoms with Gasteiger partial charge in [0.2, 0.25) is 0 Å². The second-order valence-corrected chi connectivity index (χ2v) is 5.48. The van der Waals surface area contributed by atoms with Gasteiger partial charge in [0.05, 0.1) is 4.92 Å². The molecule has 0 bridgehead atoms. The van der Waals surface area contributed by atoms with Gasteiger partial charge >= 0.3 is 0 Å². The number of nitrogens with one attached hydrogen (secondary N) is 1. The van der Waals surface area contributed by atoms with E-state index in [0.29, 0.717) is 12.5 Å². The molecule has 1 aromatic rings. The lowest BCUT2D eigenvalue weighted by Crippen LogP contribution is -2.24. The number of nitro groups is 1. The van der Waals surface area contributed by atoms with Gasteiger partial charge < -0.3 is 5.32 Å². The normalized spacial score (nSPS) is 10.6. The highest BCUT2D eigenvalue weighted by Crippen LogP contribution is 2.24. The first-order chi connectivity index (χ1) is 9.41. The van der Waals surface area contributed by atoms with Crippen LogP contribution in [0.15, 0.2) is 18.2 Å². The molecule has 0 spiro atoms. The van der Waals surface area contributed by atoms with Crippen molar-refractivity contribution in [1.82, 2.24) is 5.32 Å². The summed E-state index contributed by atoms with van der Waals surface area (Å²) in [6.45, 7) is 4.89. The van der Waals surface area contributed by atoms with Crippen molar-refractivity contribution in [3.8, 4) is 0 Å². The molecule has 1 amide bonds. The van der Waals surface area contributed by atoms with Crippen LogP contribution < -0.4 is 5.32 Å². The van der Waals surface area contributed by atoms with E-state index >= 15 is 0 Å². The van der Waals surface area contributed by atoms with E-state index in [-0.39, 0.29) is 22.2 Å². The number of hydrogen-bond acceptors (Lipinski definition) is 3. The Hall–Kier alpha value is -1.62. The van der Waals surface area contributed by atoms with E-state index < -0.39 is 4.92 Å². The average molecular weight is 299 g/mol. The van der Waals surface area contributed by atoms with E-state index in [0.717, 1.165) is 19.3 Å². The first-order valence-electron chi connectivity index (χ1n) is 6.64. The van der Waals surface area contributed by atoms with E-state index in [4.69, 9.17) is 11.6 Å². The van der Waals surface area contributed by atoms with Crippen LogP contribution in [0.5, 0.6) is 0 Å². The van der Waals surface area contributed by atoms with Gasteiger partial charge in [-0.3, -0.25) is 14.9 Å². The highest BCUT2D eigenvalue weighted by Gasteiger charge is 2.15. The molecule has 1 rings (SSSR count). The molecule has 0 aromatic heterocycles. The van der Waals surface area contributed by atoms with E-state index in [1.807, 2.05) is 0 Å². The number of benzene rings is 1. The summed E-state index contributed by atoms with van der Waals surface area (Å²) in [4.78, 5) is 22.0. The molecule has 1 N–H and O–H groups in total. The van der Waals surface area contributed by atoms with Crippen LogP contribution in [-0.4, -0.2) is 17.4 Å². The fourth-order valence-electron chi connectivity index (χ4n) is 1.78. The topological polar surface area (TPSA) is 72.2 Å². The van der Waals surface area contributed by atoms with Gasteiger partial charge in [-0.05, 0) is 24.5 Å². The number of nitro benzene ring substituents is 1. The Bertz CT molecular complexity index is 489. The van der Waals surface area contributed by atoms with Crippen LogP contribution in [0, 0.1) is 16.0 Å². The molecule has 0 aliphatic rings. The summed E-state index contributed by atoms with van der Waals surface area (Å²) in [6, 6.07) is 4.05. The number of rotatable bonds is 7. The summed E-state index contributed by atoms with van der Waals surface area (Å²) in [5.41, 5.74) is 0.00378. The van der Waals surface area contributed by atoms with Crippen molar-refractivity contribution in [2.24, 2.45) is 5.92 Å². The minimum atomic E-state index is -0.595. The van der Waals surface area contributed by atoms with Crippen LogP contribution in [-0.2, 0) is 0 Å². The number of amides is 1. The van der Waals surface area contributed by atoms with Gasteiger partial charge in [0, 0.05) is 18.2 Å². The van der Waals surface area contributed by atoms with Crippen molar-refractivity contribution in [2.45, 2.75) is 33.1 Å². The molecule has 0 fully saturated rings. The molecule has 110 valence electrons. The van der Waals surface area contributed by atoms with Crippen molar-refractivity contribution in [2.75, 3.05) is 6.54 Å². The van der Waals surface area contributed by atoms with Crippen molar-refractivity contribution in [1.29, 1.82) is 0 Å². The zero-order valence-corrected chi connectivity index (χ0v) is 12.4. The Labute approximate surface area is 123 Å². The summed E-state index contributed by atoms with van der Waals surface area (Å²) in [6.07, 6.45) is 3.08. The standard InChI is InChI=1S/C14H19ClN2O3/c1-10(2)5-3-4-8-16-14(18)11-6-7-12(15)13(9-11)17(19)20/h6-7,9-10H,3-5,8H2,1-2H3,(H,16,18). The molecule has 0 saturated carbocycles. The number of hydrogen-bond donors (Lipinski definition) is 1. The lowest BCUT2D eigenvalue weighted by atomic mass is 10.1. The van der Waals surface area contributed by atoms with Crippen molar-refractivity contribution < 1.29 is 9.72 Å². The number of nitrogens with zero attached hydrogens (tertiary/aromatic N) is 1. The molecule has 0 atom stereocenters. The summed E-state index contributed by atoms with van der Waals surface area (Å²) in [5, 5.41) is 13.5. The minimum Gasteiger partial charge on any atom is -0.352 e. The molecule has 20 heavy (non-hydrogen) atoms. The van der Waals surface area contributed by atoms with Crippen molar-refractivity contribution in [3.63, 3.8) is 0 Å². The molecule has 0 saturated heterocycles. The molecular formula is C14H19ClN2O3. The first kappa shape index (κ1) is 16.4. The molecule has 0 aliphatic carbocycles. The SMILES string of the molecule is CC(C)CCCCNC(=O)c1ccc(Cl)c([N+](=O)[O-])c1. The quantitative estimate of drug-likeness (QED) is 0.473. The molecule has 1 aromatic carbocycles. The van der Waals surface area contributed by atoms with Gasteiger partial charge in [-0.1, -0.05) is 38.3 Å². The largest absolute Gasteiger partial charge is 0.352 e. The second kappa shape index (κ2) is 7.85. The number of carbonyl (C=O) groups excluding carboxylic acids is 1. The summed E-state index contributed by atoms with van der Waals surface area (Å²) < 4.78 is 0. The Morgan fingerprint density at radius 3 is 2.70 bits per heavy atom. The van der Waals surface area contributed by atoms with Crippen LogP contribution in [0.1, 0.15) is 43.5 Å². The Balaban J connectivity index is 2.51. The molecule has 5 nitrogen and oxygen atoms in total. The Morgan fingerprint density at radius 1 is 1.40 bits per heavy atom. The van der Waals surface area contributed by atoms with Crippen LogP contribution in [0.25, 0.3) is 0 Å². The van der Waals surface area contributed by atoms with Gasteiger partial charge in [-0.15, -0.1) is 0 Å². The number of unbranched alkanes of at least 4 members (excludes halogenated alkanes) is 1. The van der Waals surface area contributed by atoms with E-state index in [1.54, 1.807) is 0 Å². The maximum Gasteiger partial charge on any atom is 0.288 e. The fraction of sp³-hybridized carbons (Fsp3) is 0.500. The number of halogens is 1. The molecule has 0 aliphatic heterocycles. The van der Waals surface area contributed by atoms with Gasteiger partial charge in [0.1, 0.15) is 5.02 Å². The molecule has 0 unspecified atom stereocenters. The third-order valence-electron chi connectivity index (χ3n) is 2.90. The van der Waals surface area contributed by atoms with Gasteiger partial charge in [-0.2, -0.15) is 0 Å². The van der Waals surface area contributed by atoms with E-state index in [1.165, 1.54) is 18.2 Å². The molecular weight excluding hydrogens is 280 g/mol. The maximum absolute atomic E-state index is 11.9. The smallest absolute Gasteiger partial charge is 0.288 e. The zero-order valence-electron chi connectivity index (χ0n) is 11.7. The zero-order chi connectivity index (χ0) is 15.1. The van der Waals surface area contributed by atoms with Crippen molar-refractivity contribution in [3.05, 3.63) is 38.9 Å². The molecule has 0 heterocycles. The Morgan fingerprint density at radius 2 is 2.10 bits per heavy atom. The average Bonchev–Trinajstić information content (AvgIpc) is 2.37. The van der Waals surface area contributed by atoms with Crippen molar-refractivity contribution >= 4 is 23.2 Å². The summed E-state index contributed by atoms with van der Waals surface area (Å²) in [7, 11) is 0. The predicted octanol–water partition coefficient (Wildman–Crippen LogP) is 3.80. The molecule has 0 radical (unpaired) electrons. The Kier molecular flexibility index (Phi) is 6.45. The first-order valence-corrected chi connectivity index (χ1v) is 7.01. The minimum absolute atomic E-state index is 0.0310. The van der Waals surface area contributed by atoms with E-state index in [2.05, 4.69) is 19.2 Å². The van der Waals surface area contributed by atoms with Gasteiger partial charge in [0.15, 0.2) is 0 Å². The summed E-state index contributed by atoms with van der Waals surface area (Å²) >= 11 is 5.70. The second-order valence-electron chi connectivity index (χ2n) is 5.07. The van der Waals surface area contributed by atoms with Crippen LogP contribution in [0.4, 0.5) is 5.69 Å². The molecule has 6 heteroatoms. The fourth-order valence-corrected chi connectivity index (χ4v) is 1.96. The third-order valence-corrected chi connectivity index (χ3v) is 3.22. The summed E-state index contributed by atoms with van der Waals surface area (Å²) in [5.74, 6) is 0.346. The predicted molar refractivity (Wildman–Crippen MR) is 79.1 cm³/mol. The lowest BCUT2D eigenvalue weighted by Gasteiger charge is -2.07. The van der Waals surface area contributed by atoms with Crippen LogP contribution >= 0.6 is 11.6 Å². The highest BCUT2D eigenvalue weighted by atomic mass is 35.5. The maximum atomic E-state index is 11.9. The van der Waals surface area contributed by atoms with Crippen LogP contribution in [0.2, 0.25) is 5.02 Å². The van der Waals surface area contributed by atoms with Crippen LogP contribution in [0.3, 0.4) is 0 Å². The number of carbonyl (C=O) groups is 1. The van der Waals surface area contributed by atoms with E-state index in [9.17, 15) is 14.9 Å². The van der Waals surface area contributed by atoms with Gasteiger partial charge in [-0.25, -0.2) is 0 Å².